The van der Waals surface area contributed by atoms with Gasteiger partial charge in [-0.15, -0.1) is 0 Å². The van der Waals surface area contributed by atoms with Crippen molar-refractivity contribution in [2.24, 2.45) is 0 Å². The lowest BCUT2D eigenvalue weighted by atomic mass is 9.99. The molecule has 1 saturated heterocycles. The number of piperidine rings is 1. The van der Waals surface area contributed by atoms with Crippen molar-refractivity contribution >= 4 is 28.4 Å². The molecule has 39 heavy (non-hydrogen) atoms. The molecule has 0 spiro atoms. The zero-order valence-electron chi connectivity index (χ0n) is 22.9. The predicted octanol–water partition coefficient (Wildman–Crippen LogP) is 4.89. The molecule has 4 aromatic rings. The number of anilines is 2. The zero-order valence-corrected chi connectivity index (χ0v) is 22.9. The number of hydrogen-bond donors (Lipinski definition) is 2. The van der Waals surface area contributed by atoms with Crippen LogP contribution in [0, 0.1) is 0 Å². The van der Waals surface area contributed by atoms with Crippen molar-refractivity contribution in [1.29, 1.82) is 0 Å². The first-order chi connectivity index (χ1) is 18.7. The minimum absolute atomic E-state index is 0.0848. The molecule has 2 unspecified atom stereocenters. The summed E-state index contributed by atoms with van der Waals surface area (Å²) in [6, 6.07) is 11.2. The van der Waals surface area contributed by atoms with E-state index in [1.54, 1.807) is 26.6 Å². The fourth-order valence-corrected chi connectivity index (χ4v) is 4.63. The van der Waals surface area contributed by atoms with E-state index >= 15 is 0 Å². The molecule has 2 aromatic heterocycles. The number of esters is 1. The van der Waals surface area contributed by atoms with Gasteiger partial charge in [0, 0.05) is 41.3 Å². The molecule has 5 rings (SSSR count). The van der Waals surface area contributed by atoms with E-state index < -0.39 is 5.60 Å². The number of benzene rings is 2. The maximum atomic E-state index is 12.6. The van der Waals surface area contributed by atoms with Gasteiger partial charge >= 0.3 is 5.97 Å². The topological polar surface area (TPSA) is 112 Å². The maximum Gasteiger partial charge on any atom is 0.323 e. The first-order valence-electron chi connectivity index (χ1n) is 13.0. The molecule has 2 N–H and O–H groups in total. The maximum absolute atomic E-state index is 12.6. The molecule has 204 valence electrons. The van der Waals surface area contributed by atoms with Crippen molar-refractivity contribution in [3.63, 3.8) is 0 Å². The monoisotopic (exact) mass is 530 g/mol. The summed E-state index contributed by atoms with van der Waals surface area (Å²) in [7, 11) is 3.25. The number of nitrogens with one attached hydrogen (secondary N) is 2. The molecule has 1 fully saturated rings. The van der Waals surface area contributed by atoms with Gasteiger partial charge in [0.25, 0.3) is 0 Å². The van der Waals surface area contributed by atoms with E-state index in [0.717, 1.165) is 40.1 Å². The van der Waals surface area contributed by atoms with Gasteiger partial charge in [-0.3, -0.25) is 14.5 Å². The van der Waals surface area contributed by atoms with Gasteiger partial charge in [0.1, 0.15) is 23.1 Å². The fraction of sp³-hybridized carbons (Fsp3) is 0.379. The van der Waals surface area contributed by atoms with Gasteiger partial charge in [-0.1, -0.05) is 0 Å². The molecule has 2 atom stereocenters. The number of methoxy groups -OCH3 is 2. The molecule has 1 aliphatic heterocycles. The highest BCUT2D eigenvalue weighted by molar-refractivity contribution is 5.82. The van der Waals surface area contributed by atoms with Gasteiger partial charge < -0.3 is 24.8 Å². The summed E-state index contributed by atoms with van der Waals surface area (Å²) in [6.45, 7) is 6.36. The minimum atomic E-state index is -0.518. The number of hydrogen-bond acceptors (Lipinski definition) is 9. The van der Waals surface area contributed by atoms with Crippen LogP contribution < -0.4 is 20.1 Å². The summed E-state index contributed by atoms with van der Waals surface area (Å²) in [5.74, 6) is 1.17. The van der Waals surface area contributed by atoms with Crippen LogP contribution in [0.15, 0.2) is 55.0 Å². The first-order valence-corrected chi connectivity index (χ1v) is 13.0. The lowest BCUT2D eigenvalue weighted by Gasteiger charge is -2.31. The molecule has 0 aliphatic carbocycles. The Labute approximate surface area is 227 Å². The summed E-state index contributed by atoms with van der Waals surface area (Å²) >= 11 is 0. The number of ether oxygens (including phenoxy) is 3. The Morgan fingerprint density at radius 2 is 1.79 bits per heavy atom. The van der Waals surface area contributed by atoms with E-state index in [-0.39, 0.29) is 18.1 Å². The molecule has 0 bridgehead atoms. The Balaban J connectivity index is 1.34. The van der Waals surface area contributed by atoms with Crippen molar-refractivity contribution in [2.45, 2.75) is 51.3 Å². The quantitative estimate of drug-likeness (QED) is 0.323. The highest BCUT2D eigenvalue weighted by Crippen LogP contribution is 2.30. The van der Waals surface area contributed by atoms with Crippen LogP contribution in [0.4, 0.5) is 11.4 Å². The van der Waals surface area contributed by atoms with Crippen LogP contribution in [-0.4, -0.2) is 58.1 Å². The van der Waals surface area contributed by atoms with Crippen molar-refractivity contribution < 1.29 is 19.0 Å². The van der Waals surface area contributed by atoms with Crippen molar-refractivity contribution in [3.8, 4) is 22.8 Å². The minimum Gasteiger partial charge on any atom is -0.497 e. The molecule has 10 heteroatoms. The van der Waals surface area contributed by atoms with E-state index in [9.17, 15) is 4.79 Å². The van der Waals surface area contributed by atoms with E-state index in [1.807, 2.05) is 68.0 Å². The number of rotatable bonds is 7. The number of fused-ring (bicyclic) bond motifs is 1. The van der Waals surface area contributed by atoms with E-state index in [2.05, 4.69) is 20.7 Å². The van der Waals surface area contributed by atoms with Gasteiger partial charge in [-0.2, -0.15) is 5.10 Å². The third-order valence-electron chi connectivity index (χ3n) is 6.52. The van der Waals surface area contributed by atoms with Gasteiger partial charge in [-0.25, -0.2) is 4.98 Å². The zero-order chi connectivity index (χ0) is 27.6. The SMILES string of the molecule is COc1cc(Nc2ccc3ncc(-c4cnn(C5CCNC(C(=O)OC(C)(C)C)C5)c4)nc3c2)cc(OC)c1. The number of carbonyl (C=O) groups excluding carboxylic acids is 1. The second-order valence-electron chi connectivity index (χ2n) is 10.6. The van der Waals surface area contributed by atoms with Crippen LogP contribution in [0.5, 0.6) is 11.5 Å². The van der Waals surface area contributed by atoms with Gasteiger partial charge in [0.2, 0.25) is 0 Å². The van der Waals surface area contributed by atoms with Crippen LogP contribution in [0.25, 0.3) is 22.3 Å². The van der Waals surface area contributed by atoms with Gasteiger partial charge in [-0.05, 0) is 58.4 Å². The Morgan fingerprint density at radius 1 is 1.03 bits per heavy atom. The predicted molar refractivity (Wildman–Crippen MR) is 149 cm³/mol. The van der Waals surface area contributed by atoms with Crippen LogP contribution in [-0.2, 0) is 9.53 Å². The first kappa shape index (κ1) is 26.4. The largest absolute Gasteiger partial charge is 0.497 e. The Hall–Kier alpha value is -4.18. The molecule has 3 heterocycles. The standard InChI is InChI=1S/C29H34N6O4/c1-29(2,3)39-28(36)26-13-21(8-9-30-26)35-17-18(15-32-35)27-16-31-24-7-6-19(12-25(24)34-27)33-20-10-22(37-4)14-23(11-20)38-5/h6-7,10-12,14-17,21,26,30,33H,8-9,13H2,1-5H3. The highest BCUT2D eigenvalue weighted by atomic mass is 16.6. The Morgan fingerprint density at radius 3 is 2.51 bits per heavy atom. The van der Waals surface area contributed by atoms with Crippen molar-refractivity contribution in [3.05, 3.63) is 55.0 Å². The average molecular weight is 531 g/mol. The molecular formula is C29H34N6O4. The molecule has 10 nitrogen and oxygen atoms in total. The summed E-state index contributed by atoms with van der Waals surface area (Å²) < 4.78 is 18.3. The molecule has 0 radical (unpaired) electrons. The third kappa shape index (κ3) is 6.28. The smallest absolute Gasteiger partial charge is 0.323 e. The van der Waals surface area contributed by atoms with Crippen LogP contribution in [0.3, 0.4) is 0 Å². The van der Waals surface area contributed by atoms with E-state index in [0.29, 0.717) is 24.5 Å². The summed E-state index contributed by atoms with van der Waals surface area (Å²) in [6.07, 6.45) is 7.01. The molecule has 0 saturated carbocycles. The molecule has 0 amide bonds. The molecule has 2 aromatic carbocycles. The fourth-order valence-electron chi connectivity index (χ4n) is 4.63. The second kappa shape index (κ2) is 10.9. The Bertz CT molecular complexity index is 1460. The van der Waals surface area contributed by atoms with E-state index in [4.69, 9.17) is 19.2 Å². The van der Waals surface area contributed by atoms with Crippen LogP contribution in [0.2, 0.25) is 0 Å². The summed E-state index contributed by atoms with van der Waals surface area (Å²) in [5.41, 5.74) is 4.32. The second-order valence-corrected chi connectivity index (χ2v) is 10.6. The van der Waals surface area contributed by atoms with Gasteiger partial charge in [0.15, 0.2) is 0 Å². The van der Waals surface area contributed by atoms with Crippen molar-refractivity contribution in [1.82, 2.24) is 25.1 Å². The number of carbonyl (C=O) groups is 1. The lowest BCUT2D eigenvalue weighted by molar-refractivity contribution is -0.158. The lowest BCUT2D eigenvalue weighted by Crippen LogP contribution is -2.46. The third-order valence-corrected chi connectivity index (χ3v) is 6.52. The van der Waals surface area contributed by atoms with Crippen LogP contribution >= 0.6 is 0 Å². The summed E-state index contributed by atoms with van der Waals surface area (Å²) in [5, 5.41) is 11.3. The molecular weight excluding hydrogens is 496 g/mol. The Kier molecular flexibility index (Phi) is 7.38. The van der Waals surface area contributed by atoms with E-state index in [1.165, 1.54) is 0 Å². The number of nitrogens with zero attached hydrogens (tertiary/aromatic N) is 4. The summed E-state index contributed by atoms with van der Waals surface area (Å²) in [4.78, 5) is 22.1. The highest BCUT2D eigenvalue weighted by Gasteiger charge is 2.31. The molecule has 1 aliphatic rings. The van der Waals surface area contributed by atoms with Gasteiger partial charge in [0.05, 0.1) is 49.4 Å². The normalized spacial score (nSPS) is 17.6. The number of aromatic nitrogens is 4. The van der Waals surface area contributed by atoms with Crippen molar-refractivity contribution in [2.75, 3.05) is 26.1 Å². The average Bonchev–Trinajstić information content (AvgIpc) is 3.42. The van der Waals surface area contributed by atoms with Crippen LogP contribution in [0.1, 0.15) is 39.7 Å².